The monoisotopic (exact) mass is 184 g/mol. The molecule has 0 fully saturated rings. The summed E-state index contributed by atoms with van der Waals surface area (Å²) in [7, 11) is 0. The van der Waals surface area contributed by atoms with E-state index in [4.69, 9.17) is 5.11 Å². The fourth-order valence-corrected chi connectivity index (χ4v) is 0.673. The van der Waals surface area contributed by atoms with Crippen LogP contribution in [0.25, 0.3) is 0 Å². The van der Waals surface area contributed by atoms with Gasteiger partial charge in [-0.25, -0.2) is 0 Å². The van der Waals surface area contributed by atoms with Crippen molar-refractivity contribution in [3.63, 3.8) is 0 Å². The van der Waals surface area contributed by atoms with E-state index < -0.39 is 11.6 Å². The Morgan fingerprint density at radius 2 is 2.00 bits per heavy atom. The zero-order valence-corrected chi connectivity index (χ0v) is 8.08. The maximum absolute atomic E-state index is 10.2. The number of allylic oxidation sites excluding steroid dienone is 2. The van der Waals surface area contributed by atoms with Crippen molar-refractivity contribution in [3.05, 3.63) is 24.3 Å². The van der Waals surface area contributed by atoms with Gasteiger partial charge in [-0.05, 0) is 20.3 Å². The molecule has 3 nitrogen and oxygen atoms in total. The minimum atomic E-state index is -0.869. The van der Waals surface area contributed by atoms with Gasteiger partial charge in [-0.15, -0.1) is 0 Å². The number of hydrogen-bond donors (Lipinski definition) is 2. The van der Waals surface area contributed by atoms with E-state index in [-0.39, 0.29) is 6.42 Å². The molecule has 2 N–H and O–H groups in total. The SMILES string of the molecule is C=C(/C=C/C(C)(C)O)CCC(=O)O. The van der Waals surface area contributed by atoms with Gasteiger partial charge in [-0.1, -0.05) is 24.3 Å². The van der Waals surface area contributed by atoms with E-state index in [0.29, 0.717) is 12.0 Å². The zero-order chi connectivity index (χ0) is 10.5. The average molecular weight is 184 g/mol. The number of aliphatic hydroxyl groups is 1. The quantitative estimate of drug-likeness (QED) is 0.640. The van der Waals surface area contributed by atoms with Gasteiger partial charge in [0, 0.05) is 6.42 Å². The Kier molecular flexibility index (Phi) is 4.42. The number of rotatable bonds is 5. The van der Waals surface area contributed by atoms with E-state index in [1.54, 1.807) is 26.0 Å². The molecule has 13 heavy (non-hydrogen) atoms. The molecule has 0 radical (unpaired) electrons. The lowest BCUT2D eigenvalue weighted by Crippen LogP contribution is -2.13. The number of carboxylic acids is 1. The first-order valence-electron chi connectivity index (χ1n) is 4.12. The first kappa shape index (κ1) is 11.9. The summed E-state index contributed by atoms with van der Waals surface area (Å²) in [5, 5.41) is 17.7. The van der Waals surface area contributed by atoms with Crippen LogP contribution in [0.2, 0.25) is 0 Å². The van der Waals surface area contributed by atoms with E-state index >= 15 is 0 Å². The highest BCUT2D eigenvalue weighted by Crippen LogP contribution is 2.08. The standard InChI is InChI=1S/C10H16O3/c1-8(4-5-9(11)12)6-7-10(2,3)13/h6-7,13H,1,4-5H2,2-3H3,(H,11,12)/b7-6+. The van der Waals surface area contributed by atoms with Gasteiger partial charge in [0.15, 0.2) is 0 Å². The predicted molar refractivity (Wildman–Crippen MR) is 51.4 cm³/mol. The van der Waals surface area contributed by atoms with Gasteiger partial charge in [0.05, 0.1) is 5.60 Å². The van der Waals surface area contributed by atoms with Gasteiger partial charge < -0.3 is 10.2 Å². The van der Waals surface area contributed by atoms with Crippen molar-refractivity contribution in [1.29, 1.82) is 0 Å². The summed E-state index contributed by atoms with van der Waals surface area (Å²) in [6, 6.07) is 0. The normalized spacial score (nSPS) is 11.9. The molecule has 0 saturated heterocycles. The van der Waals surface area contributed by atoms with Crippen LogP contribution in [0, 0.1) is 0 Å². The first-order chi connectivity index (χ1) is 5.81. The van der Waals surface area contributed by atoms with Gasteiger partial charge >= 0.3 is 5.97 Å². The fraction of sp³-hybridized carbons (Fsp3) is 0.500. The lowest BCUT2D eigenvalue weighted by atomic mass is 10.1. The van der Waals surface area contributed by atoms with Gasteiger partial charge in [0.25, 0.3) is 0 Å². The van der Waals surface area contributed by atoms with E-state index in [1.807, 2.05) is 0 Å². The minimum Gasteiger partial charge on any atom is -0.481 e. The topological polar surface area (TPSA) is 57.5 Å². The Labute approximate surface area is 78.4 Å². The third-order valence-corrected chi connectivity index (χ3v) is 1.39. The molecule has 0 heterocycles. The van der Waals surface area contributed by atoms with Crippen molar-refractivity contribution < 1.29 is 15.0 Å². The molecule has 0 atom stereocenters. The van der Waals surface area contributed by atoms with Crippen LogP contribution >= 0.6 is 0 Å². The van der Waals surface area contributed by atoms with Crippen molar-refractivity contribution >= 4 is 5.97 Å². The van der Waals surface area contributed by atoms with Gasteiger partial charge in [0.1, 0.15) is 0 Å². The van der Waals surface area contributed by atoms with E-state index in [1.165, 1.54) is 0 Å². The summed E-state index contributed by atoms with van der Waals surface area (Å²) in [6.07, 6.45) is 3.75. The molecule has 74 valence electrons. The summed E-state index contributed by atoms with van der Waals surface area (Å²) >= 11 is 0. The summed E-state index contributed by atoms with van der Waals surface area (Å²) in [4.78, 5) is 10.2. The molecule has 0 spiro atoms. The second kappa shape index (κ2) is 4.82. The average Bonchev–Trinajstić information content (AvgIpc) is 1.95. The van der Waals surface area contributed by atoms with Gasteiger partial charge in [0.2, 0.25) is 0 Å². The predicted octanol–water partition coefficient (Wildman–Crippen LogP) is 1.73. The highest BCUT2D eigenvalue weighted by molar-refractivity contribution is 5.67. The first-order valence-corrected chi connectivity index (χ1v) is 4.12. The lowest BCUT2D eigenvalue weighted by Gasteiger charge is -2.10. The second-order valence-electron chi connectivity index (χ2n) is 3.54. The molecule has 0 unspecified atom stereocenters. The molecule has 0 aromatic rings. The lowest BCUT2D eigenvalue weighted by molar-refractivity contribution is -0.136. The second-order valence-corrected chi connectivity index (χ2v) is 3.54. The Hall–Kier alpha value is -1.09. The van der Waals surface area contributed by atoms with Crippen LogP contribution in [-0.2, 0) is 4.79 Å². The molecule has 0 amide bonds. The molecular formula is C10H16O3. The van der Waals surface area contributed by atoms with Crippen LogP contribution < -0.4 is 0 Å². The Morgan fingerprint density at radius 1 is 1.46 bits per heavy atom. The summed E-state index contributed by atoms with van der Waals surface area (Å²) in [5.74, 6) is -0.835. The highest BCUT2D eigenvalue weighted by Gasteiger charge is 2.06. The number of aliphatic carboxylic acids is 1. The van der Waals surface area contributed by atoms with Crippen LogP contribution in [0.3, 0.4) is 0 Å². The maximum Gasteiger partial charge on any atom is 0.303 e. The van der Waals surface area contributed by atoms with E-state index in [2.05, 4.69) is 6.58 Å². The van der Waals surface area contributed by atoms with E-state index in [9.17, 15) is 9.90 Å². The molecule has 0 saturated carbocycles. The maximum atomic E-state index is 10.2. The van der Waals surface area contributed by atoms with Gasteiger partial charge in [-0.3, -0.25) is 4.79 Å². The molecule has 0 aliphatic carbocycles. The highest BCUT2D eigenvalue weighted by atomic mass is 16.4. The van der Waals surface area contributed by atoms with Crippen LogP contribution in [0.15, 0.2) is 24.3 Å². The molecule has 3 heteroatoms. The fourth-order valence-electron chi connectivity index (χ4n) is 0.673. The smallest absolute Gasteiger partial charge is 0.303 e. The summed E-state index contributed by atoms with van der Waals surface area (Å²) < 4.78 is 0. The molecular weight excluding hydrogens is 168 g/mol. The van der Waals surface area contributed by atoms with Crippen LogP contribution in [0.4, 0.5) is 0 Å². The van der Waals surface area contributed by atoms with Gasteiger partial charge in [-0.2, -0.15) is 0 Å². The van der Waals surface area contributed by atoms with E-state index in [0.717, 1.165) is 0 Å². The Bertz CT molecular complexity index is 221. The van der Waals surface area contributed by atoms with Crippen molar-refractivity contribution in [2.75, 3.05) is 0 Å². The minimum absolute atomic E-state index is 0.0784. The number of hydrogen-bond acceptors (Lipinski definition) is 2. The third kappa shape index (κ3) is 8.82. The molecule has 0 bridgehead atoms. The molecule has 0 rings (SSSR count). The van der Waals surface area contributed by atoms with Crippen LogP contribution in [-0.4, -0.2) is 21.8 Å². The zero-order valence-electron chi connectivity index (χ0n) is 8.08. The summed E-state index contributed by atoms with van der Waals surface area (Å²) in [6.45, 7) is 6.96. The van der Waals surface area contributed by atoms with Crippen molar-refractivity contribution in [2.24, 2.45) is 0 Å². The Balaban J connectivity index is 3.88. The van der Waals surface area contributed by atoms with Crippen LogP contribution in [0.5, 0.6) is 0 Å². The summed E-state index contributed by atoms with van der Waals surface area (Å²) in [5.41, 5.74) is -0.156. The Morgan fingerprint density at radius 3 is 2.38 bits per heavy atom. The van der Waals surface area contributed by atoms with Crippen LogP contribution in [0.1, 0.15) is 26.7 Å². The van der Waals surface area contributed by atoms with Crippen molar-refractivity contribution in [2.45, 2.75) is 32.3 Å². The molecule has 0 aliphatic heterocycles. The van der Waals surface area contributed by atoms with Crippen molar-refractivity contribution in [3.8, 4) is 0 Å². The number of carbonyl (C=O) groups is 1. The molecule has 0 aromatic carbocycles. The third-order valence-electron chi connectivity index (χ3n) is 1.39. The number of carboxylic acid groups (broad SMARTS) is 1. The van der Waals surface area contributed by atoms with Crippen molar-refractivity contribution in [1.82, 2.24) is 0 Å². The largest absolute Gasteiger partial charge is 0.481 e. The molecule has 0 aromatic heterocycles. The molecule has 0 aliphatic rings.